The van der Waals surface area contributed by atoms with Gasteiger partial charge in [0.1, 0.15) is 0 Å². The number of allylic oxidation sites excluding steroid dienone is 2. The van der Waals surface area contributed by atoms with Crippen molar-refractivity contribution >= 4 is 11.9 Å². The van der Waals surface area contributed by atoms with Crippen LogP contribution in [0, 0.1) is 22.7 Å². The molecule has 4 heteroatoms. The molecule has 0 radical (unpaired) electrons. The van der Waals surface area contributed by atoms with Crippen LogP contribution in [0.25, 0.3) is 0 Å². The summed E-state index contributed by atoms with van der Waals surface area (Å²) in [6.07, 6.45) is 4.91. The van der Waals surface area contributed by atoms with Crippen molar-refractivity contribution < 1.29 is 19.1 Å². The lowest BCUT2D eigenvalue weighted by Gasteiger charge is -2.43. The number of hydrogen-bond donors (Lipinski definition) is 0. The van der Waals surface area contributed by atoms with Gasteiger partial charge in [-0.25, -0.2) is 0 Å². The summed E-state index contributed by atoms with van der Waals surface area (Å²) in [7, 11) is 0. The zero-order valence-corrected chi connectivity index (χ0v) is 12.1. The van der Waals surface area contributed by atoms with Crippen LogP contribution >= 0.6 is 0 Å². The van der Waals surface area contributed by atoms with Gasteiger partial charge in [0.15, 0.2) is 0 Å². The standard InChI is InChI=1S/C15H22O4/c1-5-18-12(16)14(3)10-7-8-11(9-10)15(14,4)13(17)19-6-2/h7-8,10-11H,5-6,9H2,1-4H3. The number of esters is 2. The predicted octanol–water partition coefficient (Wildman–Crippen LogP) is 2.33. The van der Waals surface area contributed by atoms with Gasteiger partial charge in [-0.1, -0.05) is 12.2 Å². The van der Waals surface area contributed by atoms with E-state index in [1.807, 2.05) is 26.0 Å². The Morgan fingerprint density at radius 3 is 1.68 bits per heavy atom. The second-order valence-corrected chi connectivity index (χ2v) is 5.68. The first-order valence-electron chi connectivity index (χ1n) is 6.95. The highest BCUT2D eigenvalue weighted by atomic mass is 16.5. The van der Waals surface area contributed by atoms with Crippen molar-refractivity contribution in [3.63, 3.8) is 0 Å². The molecule has 0 saturated heterocycles. The quantitative estimate of drug-likeness (QED) is 0.579. The van der Waals surface area contributed by atoms with Gasteiger partial charge in [-0.05, 0) is 46.0 Å². The van der Waals surface area contributed by atoms with Crippen molar-refractivity contribution in [3.05, 3.63) is 12.2 Å². The van der Waals surface area contributed by atoms with Gasteiger partial charge < -0.3 is 9.47 Å². The molecule has 1 fully saturated rings. The zero-order chi connectivity index (χ0) is 14.3. The Labute approximate surface area is 114 Å². The van der Waals surface area contributed by atoms with Crippen molar-refractivity contribution in [2.24, 2.45) is 22.7 Å². The first-order chi connectivity index (χ1) is 8.92. The highest BCUT2D eigenvalue weighted by Crippen LogP contribution is 2.64. The third-order valence-corrected chi connectivity index (χ3v) is 5.04. The molecule has 0 N–H and O–H groups in total. The van der Waals surface area contributed by atoms with Crippen LogP contribution in [0.2, 0.25) is 0 Å². The largest absolute Gasteiger partial charge is 0.466 e. The lowest BCUT2D eigenvalue weighted by Crippen LogP contribution is -2.52. The maximum Gasteiger partial charge on any atom is 0.313 e. The van der Waals surface area contributed by atoms with Crippen LogP contribution in [0.3, 0.4) is 0 Å². The molecule has 2 aliphatic carbocycles. The summed E-state index contributed by atoms with van der Waals surface area (Å²) in [5, 5.41) is 0. The average molecular weight is 266 g/mol. The highest BCUT2D eigenvalue weighted by molar-refractivity contribution is 5.90. The summed E-state index contributed by atoms with van der Waals surface area (Å²) in [6.45, 7) is 7.91. The third kappa shape index (κ3) is 1.65. The molecule has 2 rings (SSSR count). The van der Waals surface area contributed by atoms with E-state index in [2.05, 4.69) is 0 Å². The number of ether oxygens (including phenoxy) is 2. The van der Waals surface area contributed by atoms with Gasteiger partial charge in [0, 0.05) is 0 Å². The minimum atomic E-state index is -0.825. The fraction of sp³-hybridized carbons (Fsp3) is 0.733. The molecule has 0 amide bonds. The van der Waals surface area contributed by atoms with Gasteiger partial charge in [0.25, 0.3) is 0 Å². The number of carbonyl (C=O) groups excluding carboxylic acids is 2. The molecular weight excluding hydrogens is 244 g/mol. The molecule has 0 spiro atoms. The molecule has 106 valence electrons. The second kappa shape index (κ2) is 4.66. The second-order valence-electron chi connectivity index (χ2n) is 5.68. The van der Waals surface area contributed by atoms with E-state index in [0.29, 0.717) is 13.2 Å². The van der Waals surface area contributed by atoms with E-state index in [4.69, 9.17) is 9.47 Å². The summed E-state index contributed by atoms with van der Waals surface area (Å²) in [4.78, 5) is 24.8. The normalized spacial score (nSPS) is 39.4. The van der Waals surface area contributed by atoms with Gasteiger partial charge in [0.2, 0.25) is 0 Å². The maximum atomic E-state index is 12.4. The Bertz CT molecular complexity index is 390. The number of fused-ring (bicyclic) bond motifs is 2. The molecule has 0 aliphatic heterocycles. The van der Waals surface area contributed by atoms with Gasteiger partial charge in [-0.3, -0.25) is 9.59 Å². The highest BCUT2D eigenvalue weighted by Gasteiger charge is 2.69. The van der Waals surface area contributed by atoms with Gasteiger partial charge in [0.05, 0.1) is 24.0 Å². The smallest absolute Gasteiger partial charge is 0.313 e. The van der Waals surface area contributed by atoms with E-state index in [1.165, 1.54) is 0 Å². The fourth-order valence-corrected chi connectivity index (χ4v) is 3.61. The van der Waals surface area contributed by atoms with Crippen LogP contribution in [0.15, 0.2) is 12.2 Å². The van der Waals surface area contributed by atoms with E-state index in [0.717, 1.165) is 6.42 Å². The Kier molecular flexibility index (Phi) is 3.45. The molecule has 0 aromatic carbocycles. The number of hydrogen-bond acceptors (Lipinski definition) is 4. The van der Waals surface area contributed by atoms with Crippen LogP contribution in [-0.4, -0.2) is 25.2 Å². The van der Waals surface area contributed by atoms with E-state index < -0.39 is 10.8 Å². The summed E-state index contributed by atoms with van der Waals surface area (Å²) < 4.78 is 10.4. The van der Waals surface area contributed by atoms with Gasteiger partial charge in [-0.2, -0.15) is 0 Å². The van der Waals surface area contributed by atoms with Crippen LogP contribution < -0.4 is 0 Å². The monoisotopic (exact) mass is 266 g/mol. The Morgan fingerprint density at radius 2 is 1.37 bits per heavy atom. The zero-order valence-electron chi connectivity index (χ0n) is 12.1. The Balaban J connectivity index is 2.42. The average Bonchev–Trinajstić information content (AvgIpc) is 2.93. The van der Waals surface area contributed by atoms with E-state index in [1.54, 1.807) is 13.8 Å². The van der Waals surface area contributed by atoms with Crippen molar-refractivity contribution in [2.45, 2.75) is 34.1 Å². The van der Waals surface area contributed by atoms with Crippen LogP contribution in [0.4, 0.5) is 0 Å². The molecule has 4 unspecified atom stereocenters. The Morgan fingerprint density at radius 1 is 1.00 bits per heavy atom. The summed E-state index contributed by atoms with van der Waals surface area (Å²) in [5.74, 6) is -0.457. The molecule has 2 aliphatic rings. The topological polar surface area (TPSA) is 52.6 Å². The first-order valence-corrected chi connectivity index (χ1v) is 6.95. The minimum Gasteiger partial charge on any atom is -0.466 e. The molecule has 4 nitrogen and oxygen atoms in total. The van der Waals surface area contributed by atoms with Gasteiger partial charge in [-0.15, -0.1) is 0 Å². The molecule has 0 aromatic rings. The van der Waals surface area contributed by atoms with E-state index in [-0.39, 0.29) is 23.8 Å². The van der Waals surface area contributed by atoms with E-state index in [9.17, 15) is 9.59 Å². The molecule has 2 bridgehead atoms. The van der Waals surface area contributed by atoms with Crippen molar-refractivity contribution in [2.75, 3.05) is 13.2 Å². The van der Waals surface area contributed by atoms with Gasteiger partial charge >= 0.3 is 11.9 Å². The molecule has 0 aromatic heterocycles. The van der Waals surface area contributed by atoms with Crippen molar-refractivity contribution in [1.29, 1.82) is 0 Å². The fourth-order valence-electron chi connectivity index (χ4n) is 3.61. The third-order valence-electron chi connectivity index (χ3n) is 5.04. The molecule has 0 heterocycles. The number of carbonyl (C=O) groups is 2. The SMILES string of the molecule is CCOC(=O)C1(C)C2C=CC(C2)C1(C)C(=O)OCC. The summed E-state index contributed by atoms with van der Waals surface area (Å²) in [6, 6.07) is 0. The van der Waals surface area contributed by atoms with Crippen LogP contribution in [0.1, 0.15) is 34.1 Å². The Hall–Kier alpha value is -1.32. The first kappa shape index (κ1) is 14.1. The van der Waals surface area contributed by atoms with Crippen LogP contribution in [-0.2, 0) is 19.1 Å². The molecular formula is C15H22O4. The number of rotatable bonds is 4. The van der Waals surface area contributed by atoms with Crippen LogP contribution in [0.5, 0.6) is 0 Å². The van der Waals surface area contributed by atoms with Crippen molar-refractivity contribution in [3.8, 4) is 0 Å². The molecule has 1 saturated carbocycles. The maximum absolute atomic E-state index is 12.4. The molecule has 4 atom stereocenters. The lowest BCUT2D eigenvalue weighted by molar-refractivity contribution is -0.179. The van der Waals surface area contributed by atoms with E-state index >= 15 is 0 Å². The molecule has 19 heavy (non-hydrogen) atoms. The predicted molar refractivity (Wildman–Crippen MR) is 70.2 cm³/mol. The lowest BCUT2D eigenvalue weighted by atomic mass is 9.59. The summed E-state index contributed by atoms with van der Waals surface area (Å²) >= 11 is 0. The summed E-state index contributed by atoms with van der Waals surface area (Å²) in [5.41, 5.74) is -1.65. The van der Waals surface area contributed by atoms with Crippen molar-refractivity contribution in [1.82, 2.24) is 0 Å². The minimum absolute atomic E-state index is 0.0611.